The molecule has 2 aliphatic heterocycles. The van der Waals surface area contributed by atoms with Gasteiger partial charge in [-0.05, 0) is 69.7 Å². The second kappa shape index (κ2) is 8.43. The maximum Gasteiger partial charge on any atom is 0.264 e. The van der Waals surface area contributed by atoms with E-state index >= 15 is 0 Å². The first kappa shape index (κ1) is 17.9. The van der Waals surface area contributed by atoms with Crippen molar-refractivity contribution >= 4 is 49.1 Å². The summed E-state index contributed by atoms with van der Waals surface area (Å²) in [6.07, 6.45) is 3.51. The molecule has 0 spiro atoms. The van der Waals surface area contributed by atoms with Gasteiger partial charge in [-0.2, -0.15) is 0 Å². The molecule has 0 bridgehead atoms. The fourth-order valence-corrected chi connectivity index (χ4v) is 5.23. The standard InChI is InChI=1S/C16H22Br2N2O2S/c17-13-11-14(23-15(13)18)16(21)20-5-2-12(3-6-20)1-4-19-7-9-22-10-8-19/h11-12H,1-10H2. The summed E-state index contributed by atoms with van der Waals surface area (Å²) in [4.78, 5) is 17.9. The number of halogens is 2. The lowest BCUT2D eigenvalue weighted by Crippen LogP contribution is -2.40. The van der Waals surface area contributed by atoms with Crippen molar-refractivity contribution < 1.29 is 9.53 Å². The maximum atomic E-state index is 12.5. The minimum absolute atomic E-state index is 0.174. The Hall–Kier alpha value is 0.0500. The molecule has 4 nitrogen and oxygen atoms in total. The van der Waals surface area contributed by atoms with Crippen LogP contribution in [0.5, 0.6) is 0 Å². The molecule has 1 amide bonds. The predicted octanol–water partition coefficient (Wildman–Crippen LogP) is 3.85. The van der Waals surface area contributed by atoms with Crippen molar-refractivity contribution in [1.82, 2.24) is 9.80 Å². The summed E-state index contributed by atoms with van der Waals surface area (Å²) < 4.78 is 7.34. The summed E-state index contributed by atoms with van der Waals surface area (Å²) in [6, 6.07) is 1.92. The van der Waals surface area contributed by atoms with Crippen LogP contribution in [-0.4, -0.2) is 61.6 Å². The van der Waals surface area contributed by atoms with Gasteiger partial charge in [-0.15, -0.1) is 11.3 Å². The summed E-state index contributed by atoms with van der Waals surface area (Å²) in [5.41, 5.74) is 0. The van der Waals surface area contributed by atoms with Crippen LogP contribution in [0.25, 0.3) is 0 Å². The fourth-order valence-electron chi connectivity index (χ4n) is 3.22. The quantitative estimate of drug-likeness (QED) is 0.676. The number of rotatable bonds is 4. The van der Waals surface area contributed by atoms with Gasteiger partial charge >= 0.3 is 0 Å². The molecule has 0 unspecified atom stereocenters. The molecule has 1 aromatic rings. The number of morpholine rings is 1. The number of ether oxygens (including phenoxy) is 1. The topological polar surface area (TPSA) is 32.8 Å². The zero-order chi connectivity index (χ0) is 16.2. The molecule has 3 heterocycles. The highest BCUT2D eigenvalue weighted by Crippen LogP contribution is 2.33. The van der Waals surface area contributed by atoms with Gasteiger partial charge in [-0.1, -0.05) is 0 Å². The normalized spacial score (nSPS) is 20.9. The molecule has 2 fully saturated rings. The Bertz CT molecular complexity index is 519. The van der Waals surface area contributed by atoms with Crippen LogP contribution in [0.4, 0.5) is 0 Å². The predicted molar refractivity (Wildman–Crippen MR) is 100 cm³/mol. The molecule has 0 radical (unpaired) electrons. The number of carbonyl (C=O) groups excluding carboxylic acids is 1. The molecule has 3 rings (SSSR count). The Morgan fingerprint density at radius 1 is 1.22 bits per heavy atom. The lowest BCUT2D eigenvalue weighted by atomic mass is 9.93. The SMILES string of the molecule is O=C(c1cc(Br)c(Br)s1)N1CCC(CCN2CCOCC2)CC1. The van der Waals surface area contributed by atoms with Crippen LogP contribution >= 0.6 is 43.2 Å². The number of nitrogens with zero attached hydrogens (tertiary/aromatic N) is 2. The zero-order valence-electron chi connectivity index (χ0n) is 13.1. The molecule has 0 saturated carbocycles. The number of carbonyl (C=O) groups is 1. The van der Waals surface area contributed by atoms with E-state index in [1.807, 2.05) is 11.0 Å². The number of thiophene rings is 1. The number of amides is 1. The van der Waals surface area contributed by atoms with Crippen molar-refractivity contribution in [2.45, 2.75) is 19.3 Å². The Morgan fingerprint density at radius 2 is 1.91 bits per heavy atom. The van der Waals surface area contributed by atoms with Gasteiger partial charge in [0.25, 0.3) is 5.91 Å². The maximum absolute atomic E-state index is 12.5. The van der Waals surface area contributed by atoms with Crippen molar-refractivity contribution in [2.24, 2.45) is 5.92 Å². The van der Waals surface area contributed by atoms with Gasteiger partial charge in [0.15, 0.2) is 0 Å². The van der Waals surface area contributed by atoms with Crippen molar-refractivity contribution in [1.29, 1.82) is 0 Å². The molecule has 7 heteroatoms. The summed E-state index contributed by atoms with van der Waals surface area (Å²) in [5, 5.41) is 0. The largest absolute Gasteiger partial charge is 0.379 e. The Balaban J connectivity index is 1.43. The van der Waals surface area contributed by atoms with Crippen LogP contribution in [-0.2, 0) is 4.74 Å². The van der Waals surface area contributed by atoms with Gasteiger partial charge in [-0.3, -0.25) is 9.69 Å². The molecule has 0 aromatic carbocycles. The van der Waals surface area contributed by atoms with E-state index in [-0.39, 0.29) is 5.91 Å². The summed E-state index contributed by atoms with van der Waals surface area (Å²) >= 11 is 8.43. The third kappa shape index (κ3) is 4.78. The van der Waals surface area contributed by atoms with Gasteiger partial charge in [-0.25, -0.2) is 0 Å². The molecule has 2 aliphatic rings. The van der Waals surface area contributed by atoms with Crippen LogP contribution in [0, 0.1) is 5.92 Å². The minimum atomic E-state index is 0.174. The molecule has 128 valence electrons. The molecule has 0 atom stereocenters. The third-order valence-electron chi connectivity index (χ3n) is 4.71. The summed E-state index contributed by atoms with van der Waals surface area (Å²) in [7, 11) is 0. The van der Waals surface area contributed by atoms with E-state index in [9.17, 15) is 4.79 Å². The second-order valence-corrected chi connectivity index (χ2v) is 9.43. The number of hydrogen-bond acceptors (Lipinski definition) is 4. The van der Waals surface area contributed by atoms with Gasteiger partial charge in [0.2, 0.25) is 0 Å². The van der Waals surface area contributed by atoms with Crippen LogP contribution < -0.4 is 0 Å². The lowest BCUT2D eigenvalue weighted by molar-refractivity contribution is 0.0332. The van der Waals surface area contributed by atoms with E-state index in [4.69, 9.17) is 4.74 Å². The first-order valence-electron chi connectivity index (χ1n) is 8.17. The van der Waals surface area contributed by atoms with Gasteiger partial charge in [0.1, 0.15) is 0 Å². The third-order valence-corrected chi connectivity index (χ3v) is 7.96. The van der Waals surface area contributed by atoms with E-state index in [1.165, 1.54) is 24.3 Å². The molecular formula is C16H22Br2N2O2S. The average Bonchev–Trinajstić information content (AvgIpc) is 2.93. The van der Waals surface area contributed by atoms with Crippen LogP contribution in [0.3, 0.4) is 0 Å². The van der Waals surface area contributed by atoms with E-state index in [0.717, 1.165) is 71.3 Å². The highest BCUT2D eigenvalue weighted by Gasteiger charge is 2.25. The zero-order valence-corrected chi connectivity index (χ0v) is 17.1. The van der Waals surface area contributed by atoms with Crippen LogP contribution in [0.15, 0.2) is 14.3 Å². The number of likely N-dealkylation sites (tertiary alicyclic amines) is 1. The Labute approximate surface area is 158 Å². The van der Waals surface area contributed by atoms with Gasteiger partial charge < -0.3 is 9.64 Å². The van der Waals surface area contributed by atoms with Crippen LogP contribution in [0.2, 0.25) is 0 Å². The Kier molecular flexibility index (Phi) is 6.54. The van der Waals surface area contributed by atoms with E-state index in [1.54, 1.807) is 0 Å². The molecular weight excluding hydrogens is 444 g/mol. The fraction of sp³-hybridized carbons (Fsp3) is 0.688. The van der Waals surface area contributed by atoms with Gasteiger partial charge in [0, 0.05) is 30.7 Å². The van der Waals surface area contributed by atoms with E-state index < -0.39 is 0 Å². The minimum Gasteiger partial charge on any atom is -0.379 e. The Morgan fingerprint density at radius 3 is 2.52 bits per heavy atom. The van der Waals surface area contributed by atoms with E-state index in [0.29, 0.717) is 0 Å². The first-order chi connectivity index (χ1) is 11.1. The van der Waals surface area contributed by atoms with Crippen molar-refractivity contribution in [3.63, 3.8) is 0 Å². The molecule has 2 saturated heterocycles. The first-order valence-corrected chi connectivity index (χ1v) is 10.6. The van der Waals surface area contributed by atoms with Crippen molar-refractivity contribution in [3.8, 4) is 0 Å². The monoisotopic (exact) mass is 464 g/mol. The molecule has 23 heavy (non-hydrogen) atoms. The average molecular weight is 466 g/mol. The number of hydrogen-bond donors (Lipinski definition) is 0. The molecule has 0 aliphatic carbocycles. The molecule has 0 N–H and O–H groups in total. The van der Waals surface area contributed by atoms with Crippen molar-refractivity contribution in [3.05, 3.63) is 19.2 Å². The lowest BCUT2D eigenvalue weighted by Gasteiger charge is -2.33. The number of piperidine rings is 1. The van der Waals surface area contributed by atoms with Crippen LogP contribution in [0.1, 0.15) is 28.9 Å². The van der Waals surface area contributed by atoms with Gasteiger partial charge in [0.05, 0.1) is 21.9 Å². The summed E-state index contributed by atoms with van der Waals surface area (Å²) in [6.45, 7) is 6.84. The highest BCUT2D eigenvalue weighted by atomic mass is 79.9. The summed E-state index contributed by atoms with van der Waals surface area (Å²) in [5.74, 6) is 0.928. The highest BCUT2D eigenvalue weighted by molar-refractivity contribution is 9.13. The van der Waals surface area contributed by atoms with E-state index in [2.05, 4.69) is 36.8 Å². The smallest absolute Gasteiger partial charge is 0.264 e. The second-order valence-electron chi connectivity index (χ2n) is 6.21. The van der Waals surface area contributed by atoms with Crippen molar-refractivity contribution in [2.75, 3.05) is 45.9 Å². The molecule has 1 aromatic heterocycles.